The zero-order valence-electron chi connectivity index (χ0n) is 12.8. The Kier molecular flexibility index (Phi) is 4.24. The Hall–Kier alpha value is -0.570. The first kappa shape index (κ1) is 14.8. The van der Waals surface area contributed by atoms with E-state index in [0.717, 1.165) is 12.8 Å². The van der Waals surface area contributed by atoms with Gasteiger partial charge in [0.25, 0.3) is 0 Å². The van der Waals surface area contributed by atoms with Crippen LogP contribution in [0.2, 0.25) is 0 Å². The van der Waals surface area contributed by atoms with E-state index in [1.165, 1.54) is 38.5 Å². The number of carbonyl (C=O) groups excluding carboxylic acids is 1. The van der Waals surface area contributed by atoms with Gasteiger partial charge in [-0.15, -0.1) is 0 Å². The van der Waals surface area contributed by atoms with Crippen molar-refractivity contribution >= 4 is 5.91 Å². The molecule has 3 N–H and O–H groups in total. The number of rotatable bonds is 3. The Morgan fingerprint density at radius 1 is 1.16 bits per heavy atom. The second-order valence-corrected chi connectivity index (χ2v) is 7.61. The number of nitrogens with two attached hydrogens (primary N) is 1. The Balaban J connectivity index is 2.13. The second kappa shape index (κ2) is 5.43. The highest BCUT2D eigenvalue weighted by atomic mass is 16.1. The van der Waals surface area contributed by atoms with E-state index in [1.54, 1.807) is 0 Å². The number of hydrogen-bond acceptors (Lipinski definition) is 2. The van der Waals surface area contributed by atoms with E-state index in [1.807, 2.05) is 0 Å². The van der Waals surface area contributed by atoms with Gasteiger partial charge in [-0.25, -0.2) is 0 Å². The van der Waals surface area contributed by atoms with Crippen LogP contribution in [0.5, 0.6) is 0 Å². The van der Waals surface area contributed by atoms with Crippen molar-refractivity contribution in [3.63, 3.8) is 0 Å². The number of amides is 1. The zero-order valence-corrected chi connectivity index (χ0v) is 12.8. The van der Waals surface area contributed by atoms with Crippen LogP contribution < -0.4 is 11.1 Å². The molecule has 2 saturated carbocycles. The topological polar surface area (TPSA) is 55.1 Å². The van der Waals surface area contributed by atoms with Gasteiger partial charge in [-0.1, -0.05) is 46.5 Å². The summed E-state index contributed by atoms with van der Waals surface area (Å²) in [4.78, 5) is 12.1. The van der Waals surface area contributed by atoms with Crippen molar-refractivity contribution in [3.8, 4) is 0 Å². The van der Waals surface area contributed by atoms with Crippen molar-refractivity contribution in [1.29, 1.82) is 0 Å². The third-order valence-corrected chi connectivity index (χ3v) is 5.21. The van der Waals surface area contributed by atoms with Gasteiger partial charge in [-0.05, 0) is 37.0 Å². The largest absolute Gasteiger partial charge is 0.368 e. The third-order valence-electron chi connectivity index (χ3n) is 5.21. The molecule has 2 aliphatic carbocycles. The van der Waals surface area contributed by atoms with Gasteiger partial charge in [0.2, 0.25) is 5.91 Å². The van der Waals surface area contributed by atoms with E-state index >= 15 is 0 Å². The molecule has 3 nitrogen and oxygen atoms in total. The normalized spacial score (nSPS) is 36.1. The summed E-state index contributed by atoms with van der Waals surface area (Å²) >= 11 is 0. The molecule has 0 aromatic rings. The van der Waals surface area contributed by atoms with Crippen molar-refractivity contribution < 1.29 is 4.79 Å². The fourth-order valence-corrected chi connectivity index (χ4v) is 4.39. The van der Waals surface area contributed by atoms with Gasteiger partial charge in [0.05, 0.1) is 0 Å². The Morgan fingerprint density at radius 3 is 2.16 bits per heavy atom. The maximum Gasteiger partial charge on any atom is 0.238 e. The first-order valence-corrected chi connectivity index (χ1v) is 7.93. The maximum atomic E-state index is 12.1. The summed E-state index contributed by atoms with van der Waals surface area (Å²) in [7, 11) is 0. The predicted molar refractivity (Wildman–Crippen MR) is 78.7 cm³/mol. The molecular formula is C16H30N2O. The van der Waals surface area contributed by atoms with Crippen LogP contribution in [-0.4, -0.2) is 17.5 Å². The number of carbonyl (C=O) groups is 1. The van der Waals surface area contributed by atoms with Gasteiger partial charge >= 0.3 is 0 Å². The molecule has 3 heteroatoms. The molecule has 0 radical (unpaired) electrons. The van der Waals surface area contributed by atoms with E-state index < -0.39 is 5.54 Å². The van der Waals surface area contributed by atoms with Gasteiger partial charge < -0.3 is 11.1 Å². The van der Waals surface area contributed by atoms with Gasteiger partial charge in [-0.2, -0.15) is 0 Å². The summed E-state index contributed by atoms with van der Waals surface area (Å²) in [5.74, 6) is 0.193. The molecule has 2 unspecified atom stereocenters. The quantitative estimate of drug-likeness (QED) is 0.772. The minimum absolute atomic E-state index is 0.144. The van der Waals surface area contributed by atoms with Crippen LogP contribution in [-0.2, 0) is 4.79 Å². The number of primary amides is 1. The van der Waals surface area contributed by atoms with Crippen molar-refractivity contribution in [1.82, 2.24) is 5.32 Å². The number of hydrogen-bond donors (Lipinski definition) is 2. The predicted octanol–water partition coefficient (Wildman–Crippen LogP) is 2.98. The highest BCUT2D eigenvalue weighted by Gasteiger charge is 2.53. The molecule has 0 spiro atoms. The molecule has 0 heterocycles. The Bertz CT molecular complexity index is 332. The lowest BCUT2D eigenvalue weighted by atomic mass is 9.84. The van der Waals surface area contributed by atoms with Crippen LogP contribution in [0.15, 0.2) is 0 Å². The molecule has 2 rings (SSSR count). The van der Waals surface area contributed by atoms with Crippen LogP contribution in [0.4, 0.5) is 0 Å². The molecule has 0 saturated heterocycles. The smallest absolute Gasteiger partial charge is 0.238 e. The molecular weight excluding hydrogens is 236 g/mol. The minimum atomic E-state index is -0.474. The number of nitrogens with one attached hydrogen (secondary N) is 1. The fraction of sp³-hybridized carbons (Fsp3) is 0.938. The second-order valence-electron chi connectivity index (χ2n) is 7.61. The van der Waals surface area contributed by atoms with Crippen LogP contribution in [0.25, 0.3) is 0 Å². The maximum absolute atomic E-state index is 12.1. The summed E-state index contributed by atoms with van der Waals surface area (Å²) in [6.07, 6.45) is 9.59. The fourth-order valence-electron chi connectivity index (χ4n) is 4.39. The highest BCUT2D eigenvalue weighted by Crippen LogP contribution is 2.47. The Morgan fingerprint density at radius 2 is 1.74 bits per heavy atom. The monoisotopic (exact) mass is 266 g/mol. The summed E-state index contributed by atoms with van der Waals surface area (Å²) in [5.41, 5.74) is 5.54. The molecule has 2 atom stereocenters. The average Bonchev–Trinajstić information content (AvgIpc) is 2.48. The summed E-state index contributed by atoms with van der Waals surface area (Å²) in [6, 6.07) is 0.478. The van der Waals surface area contributed by atoms with Gasteiger partial charge in [0.1, 0.15) is 5.54 Å². The van der Waals surface area contributed by atoms with Gasteiger partial charge in [0, 0.05) is 6.04 Å². The lowest BCUT2D eigenvalue weighted by molar-refractivity contribution is -0.126. The zero-order chi connectivity index (χ0) is 14.1. The van der Waals surface area contributed by atoms with E-state index in [4.69, 9.17) is 5.73 Å². The molecule has 110 valence electrons. The van der Waals surface area contributed by atoms with Crippen molar-refractivity contribution in [2.75, 3.05) is 0 Å². The van der Waals surface area contributed by atoms with Gasteiger partial charge in [0.15, 0.2) is 0 Å². The lowest BCUT2D eigenvalue weighted by Crippen LogP contribution is -2.60. The molecule has 0 aliphatic heterocycles. The van der Waals surface area contributed by atoms with Crippen LogP contribution >= 0.6 is 0 Å². The van der Waals surface area contributed by atoms with Crippen molar-refractivity contribution in [2.24, 2.45) is 17.1 Å². The van der Waals surface area contributed by atoms with Crippen LogP contribution in [0, 0.1) is 11.3 Å². The van der Waals surface area contributed by atoms with Gasteiger partial charge in [-0.3, -0.25) is 4.79 Å². The SMILES string of the molecule is CC1CC(C)(C)CC1(NC1CCCCCC1)C(N)=O. The van der Waals surface area contributed by atoms with E-state index in [2.05, 4.69) is 26.1 Å². The molecule has 2 fully saturated rings. The molecule has 1 amide bonds. The molecule has 0 aromatic heterocycles. The summed E-state index contributed by atoms with van der Waals surface area (Å²) in [5, 5.41) is 3.70. The average molecular weight is 266 g/mol. The van der Waals surface area contributed by atoms with Crippen molar-refractivity contribution in [3.05, 3.63) is 0 Å². The molecule has 19 heavy (non-hydrogen) atoms. The minimum Gasteiger partial charge on any atom is -0.368 e. The first-order chi connectivity index (χ1) is 8.86. The van der Waals surface area contributed by atoms with E-state index in [9.17, 15) is 4.79 Å². The summed E-state index contributed by atoms with van der Waals surface area (Å²) < 4.78 is 0. The van der Waals surface area contributed by atoms with Crippen molar-refractivity contribution in [2.45, 2.75) is 83.7 Å². The summed E-state index contributed by atoms with van der Waals surface area (Å²) in [6.45, 7) is 6.69. The third kappa shape index (κ3) is 3.13. The van der Waals surface area contributed by atoms with Crippen LogP contribution in [0.1, 0.15) is 72.1 Å². The standard InChI is InChI=1S/C16H30N2O/c1-12-10-15(2,3)11-16(12,14(17)19)18-13-8-6-4-5-7-9-13/h12-13,18H,4-11H2,1-3H3,(H2,17,19). The molecule has 2 aliphatic rings. The van der Waals surface area contributed by atoms with E-state index in [0.29, 0.717) is 12.0 Å². The molecule has 0 aromatic carbocycles. The highest BCUT2D eigenvalue weighted by molar-refractivity contribution is 5.85. The molecule has 0 bridgehead atoms. The Labute approximate surface area is 117 Å². The van der Waals surface area contributed by atoms with Crippen LogP contribution in [0.3, 0.4) is 0 Å². The first-order valence-electron chi connectivity index (χ1n) is 7.93. The van der Waals surface area contributed by atoms with E-state index in [-0.39, 0.29) is 11.3 Å². The lowest BCUT2D eigenvalue weighted by Gasteiger charge is -2.36.